The molecule has 0 aromatic heterocycles. The molecule has 0 aliphatic carbocycles. The molecule has 0 saturated carbocycles. The van der Waals surface area contributed by atoms with Gasteiger partial charge in [-0.15, -0.1) is 0 Å². The summed E-state index contributed by atoms with van der Waals surface area (Å²) in [6.07, 6.45) is 1.38. The second kappa shape index (κ2) is 8.04. The number of amides is 1. The van der Waals surface area contributed by atoms with E-state index in [9.17, 15) is 27.3 Å². The monoisotopic (exact) mass is 405 g/mol. The van der Waals surface area contributed by atoms with Gasteiger partial charge in [0.1, 0.15) is 22.6 Å². The number of rotatable bonds is 5. The Morgan fingerprint density at radius 1 is 1.11 bits per heavy atom. The van der Waals surface area contributed by atoms with Crippen molar-refractivity contribution in [3.05, 3.63) is 65.2 Å². The molecule has 0 bridgehead atoms. The van der Waals surface area contributed by atoms with Gasteiger partial charge in [0.05, 0.1) is 6.07 Å². The molecular formula is C19H17F2N3O3S. The maximum absolute atomic E-state index is 14.2. The highest BCUT2D eigenvalue weighted by Gasteiger charge is 2.30. The predicted octanol–water partition coefficient (Wildman–Crippen LogP) is 2.74. The van der Waals surface area contributed by atoms with Gasteiger partial charge in [-0.25, -0.2) is 17.2 Å². The first kappa shape index (κ1) is 19.9. The van der Waals surface area contributed by atoms with Crippen molar-refractivity contribution in [3.8, 4) is 6.07 Å². The quantitative estimate of drug-likeness (QED) is 0.828. The van der Waals surface area contributed by atoms with Crippen molar-refractivity contribution in [2.45, 2.75) is 23.8 Å². The third-order valence-corrected chi connectivity index (χ3v) is 6.41. The van der Waals surface area contributed by atoms with E-state index in [0.717, 1.165) is 24.3 Å². The number of nitrogens with one attached hydrogen (secondary N) is 1. The lowest BCUT2D eigenvalue weighted by Crippen LogP contribution is -2.30. The van der Waals surface area contributed by atoms with E-state index in [0.29, 0.717) is 25.9 Å². The average Bonchev–Trinajstić information content (AvgIpc) is 3.22. The van der Waals surface area contributed by atoms with Gasteiger partial charge in [-0.05, 0) is 37.1 Å². The minimum Gasteiger partial charge on any atom is -0.332 e. The summed E-state index contributed by atoms with van der Waals surface area (Å²) in [6, 6.07) is 8.94. The molecule has 1 saturated heterocycles. The predicted molar refractivity (Wildman–Crippen MR) is 96.6 cm³/mol. The van der Waals surface area contributed by atoms with Gasteiger partial charge in [0.15, 0.2) is 0 Å². The van der Waals surface area contributed by atoms with Gasteiger partial charge < -0.3 is 5.32 Å². The first-order valence-corrected chi connectivity index (χ1v) is 10.0. The molecule has 1 amide bonds. The summed E-state index contributed by atoms with van der Waals surface area (Å²) in [5.74, 6) is -2.44. The molecule has 9 heteroatoms. The van der Waals surface area contributed by atoms with Crippen LogP contribution in [0.25, 0.3) is 0 Å². The number of carbonyl (C=O) groups excluding carboxylic acids is 1. The van der Waals surface area contributed by atoms with Gasteiger partial charge in [-0.1, -0.05) is 18.2 Å². The van der Waals surface area contributed by atoms with Crippen LogP contribution in [-0.2, 0) is 10.0 Å². The second-order valence-electron chi connectivity index (χ2n) is 6.31. The van der Waals surface area contributed by atoms with Gasteiger partial charge in [0, 0.05) is 24.2 Å². The summed E-state index contributed by atoms with van der Waals surface area (Å²) in [7, 11) is -4.06. The zero-order chi connectivity index (χ0) is 20.3. The normalized spacial score (nSPS) is 15.8. The highest BCUT2D eigenvalue weighted by atomic mass is 32.2. The van der Waals surface area contributed by atoms with Crippen molar-refractivity contribution in [3.63, 3.8) is 0 Å². The Bertz CT molecular complexity index is 1040. The van der Waals surface area contributed by atoms with Crippen LogP contribution in [0.3, 0.4) is 0 Å². The van der Waals surface area contributed by atoms with Crippen LogP contribution in [-0.4, -0.2) is 31.7 Å². The third kappa shape index (κ3) is 3.88. The van der Waals surface area contributed by atoms with Crippen LogP contribution in [0.5, 0.6) is 0 Å². The third-order valence-electron chi connectivity index (χ3n) is 4.50. The lowest BCUT2D eigenvalue weighted by atomic mass is 10.1. The van der Waals surface area contributed by atoms with E-state index in [1.807, 2.05) is 0 Å². The molecule has 1 heterocycles. The Kier molecular flexibility index (Phi) is 5.72. The van der Waals surface area contributed by atoms with Crippen LogP contribution in [0, 0.1) is 23.0 Å². The Hall–Kier alpha value is -2.83. The molecule has 2 aromatic carbocycles. The number of benzene rings is 2. The molecule has 1 unspecified atom stereocenters. The van der Waals surface area contributed by atoms with Crippen LogP contribution < -0.4 is 5.32 Å². The van der Waals surface area contributed by atoms with E-state index in [1.165, 1.54) is 22.5 Å². The first-order chi connectivity index (χ1) is 13.3. The Labute approximate surface area is 161 Å². The van der Waals surface area contributed by atoms with Crippen molar-refractivity contribution in [2.24, 2.45) is 0 Å². The SMILES string of the molecule is N#CC(NC(=O)c1ccc(F)c(S(=O)(=O)N2CCCC2)c1)c1ccccc1F. The van der Waals surface area contributed by atoms with Gasteiger partial charge in [-0.3, -0.25) is 4.79 Å². The average molecular weight is 405 g/mol. The van der Waals surface area contributed by atoms with E-state index in [1.54, 1.807) is 6.07 Å². The molecule has 2 aromatic rings. The van der Waals surface area contributed by atoms with Gasteiger partial charge in [0.25, 0.3) is 5.91 Å². The summed E-state index contributed by atoms with van der Waals surface area (Å²) in [6.45, 7) is 0.587. The Morgan fingerprint density at radius 2 is 1.79 bits per heavy atom. The lowest BCUT2D eigenvalue weighted by Gasteiger charge is -2.17. The zero-order valence-electron chi connectivity index (χ0n) is 14.7. The minimum absolute atomic E-state index is 0.0228. The zero-order valence-corrected chi connectivity index (χ0v) is 15.5. The highest BCUT2D eigenvalue weighted by Crippen LogP contribution is 2.25. The van der Waals surface area contributed by atoms with Crippen molar-refractivity contribution >= 4 is 15.9 Å². The number of hydrogen-bond donors (Lipinski definition) is 1. The molecule has 1 fully saturated rings. The van der Waals surface area contributed by atoms with E-state index in [4.69, 9.17) is 0 Å². The summed E-state index contributed by atoms with van der Waals surface area (Å²) in [4.78, 5) is 11.9. The van der Waals surface area contributed by atoms with Crippen LogP contribution in [0.1, 0.15) is 34.8 Å². The first-order valence-electron chi connectivity index (χ1n) is 8.59. The number of carbonyl (C=O) groups is 1. The molecule has 1 atom stereocenters. The van der Waals surface area contributed by atoms with Gasteiger partial charge in [0.2, 0.25) is 10.0 Å². The molecule has 28 heavy (non-hydrogen) atoms. The molecule has 1 N–H and O–H groups in total. The largest absolute Gasteiger partial charge is 0.332 e. The van der Waals surface area contributed by atoms with Crippen LogP contribution >= 0.6 is 0 Å². The lowest BCUT2D eigenvalue weighted by molar-refractivity contribution is 0.0944. The summed E-state index contributed by atoms with van der Waals surface area (Å²) < 4.78 is 54.5. The van der Waals surface area contributed by atoms with Gasteiger partial charge >= 0.3 is 0 Å². The van der Waals surface area contributed by atoms with Crippen molar-refractivity contribution < 1.29 is 22.0 Å². The fourth-order valence-electron chi connectivity index (χ4n) is 3.01. The van der Waals surface area contributed by atoms with E-state index >= 15 is 0 Å². The maximum atomic E-state index is 14.2. The fraction of sp³-hybridized carbons (Fsp3) is 0.263. The van der Waals surface area contributed by atoms with E-state index in [2.05, 4.69) is 5.32 Å². The van der Waals surface area contributed by atoms with Crippen LogP contribution in [0.4, 0.5) is 8.78 Å². The molecule has 1 aliphatic heterocycles. The molecule has 0 radical (unpaired) electrons. The highest BCUT2D eigenvalue weighted by molar-refractivity contribution is 7.89. The number of halogens is 2. The smallest absolute Gasteiger partial charge is 0.252 e. The molecule has 3 rings (SSSR count). The van der Waals surface area contributed by atoms with Crippen LogP contribution in [0.15, 0.2) is 47.4 Å². The van der Waals surface area contributed by atoms with E-state index < -0.39 is 38.5 Å². The Balaban J connectivity index is 1.89. The number of nitriles is 1. The van der Waals surface area contributed by atoms with Gasteiger partial charge in [-0.2, -0.15) is 9.57 Å². The number of hydrogen-bond acceptors (Lipinski definition) is 4. The molecular weight excluding hydrogens is 388 g/mol. The second-order valence-corrected chi connectivity index (χ2v) is 8.22. The van der Waals surface area contributed by atoms with Crippen molar-refractivity contribution in [1.29, 1.82) is 5.26 Å². The van der Waals surface area contributed by atoms with E-state index in [-0.39, 0.29) is 11.1 Å². The standard InChI is InChI=1S/C19H17F2N3O3S/c20-15-6-2-1-5-14(15)17(12-22)23-19(25)13-7-8-16(21)18(11-13)28(26,27)24-9-3-4-10-24/h1-2,5-8,11,17H,3-4,9-10H2,(H,23,25). The Morgan fingerprint density at radius 3 is 2.43 bits per heavy atom. The van der Waals surface area contributed by atoms with Crippen molar-refractivity contribution in [1.82, 2.24) is 9.62 Å². The van der Waals surface area contributed by atoms with Crippen molar-refractivity contribution in [2.75, 3.05) is 13.1 Å². The fourth-order valence-corrected chi connectivity index (χ4v) is 4.62. The molecule has 0 spiro atoms. The molecule has 1 aliphatic rings. The maximum Gasteiger partial charge on any atom is 0.252 e. The topological polar surface area (TPSA) is 90.3 Å². The summed E-state index contributed by atoms with van der Waals surface area (Å²) >= 11 is 0. The molecule has 6 nitrogen and oxygen atoms in total. The number of sulfonamides is 1. The van der Waals surface area contributed by atoms with Crippen LogP contribution in [0.2, 0.25) is 0 Å². The number of nitrogens with zero attached hydrogens (tertiary/aromatic N) is 2. The summed E-state index contributed by atoms with van der Waals surface area (Å²) in [5, 5.41) is 11.6. The minimum atomic E-state index is -4.06. The summed E-state index contributed by atoms with van der Waals surface area (Å²) in [5.41, 5.74) is -0.166. The molecule has 146 valence electrons.